The third kappa shape index (κ3) is 3.49. The minimum atomic E-state index is -2.01. The van der Waals surface area contributed by atoms with Crippen LogP contribution in [0.5, 0.6) is 0 Å². The molecule has 0 saturated heterocycles. The first-order valence-corrected chi connectivity index (χ1v) is 5.18. The summed E-state index contributed by atoms with van der Waals surface area (Å²) in [4.78, 5) is 33.3. The Morgan fingerprint density at radius 3 is 2.07 bits per heavy atom. The fourth-order valence-corrected chi connectivity index (χ4v) is 1.03. The van der Waals surface area contributed by atoms with E-state index in [0.29, 0.717) is 0 Å². The van der Waals surface area contributed by atoms with Crippen molar-refractivity contribution >= 4 is 43.0 Å². The van der Waals surface area contributed by atoms with Crippen LogP contribution in [0.25, 0.3) is 0 Å². The zero-order valence-corrected chi connectivity index (χ0v) is 9.59. The molecule has 0 rings (SSSR count). The fourth-order valence-electron chi connectivity index (χ4n) is 0.679. The number of esters is 2. The first kappa shape index (κ1) is 14.4. The Morgan fingerprint density at radius 2 is 1.73 bits per heavy atom. The van der Waals surface area contributed by atoms with Gasteiger partial charge in [0.25, 0.3) is 0 Å². The molecule has 0 fully saturated rings. The van der Waals surface area contributed by atoms with Gasteiger partial charge < -0.3 is 16.2 Å². The molecule has 1 atom stereocenters. The van der Waals surface area contributed by atoms with Crippen LogP contribution in [0.3, 0.4) is 0 Å². The van der Waals surface area contributed by atoms with Crippen LogP contribution < -0.4 is 11.5 Å². The molecule has 0 amide bonds. The van der Waals surface area contributed by atoms with E-state index in [1.165, 1.54) is 0 Å². The van der Waals surface area contributed by atoms with E-state index >= 15 is 0 Å². The summed E-state index contributed by atoms with van der Waals surface area (Å²) in [5.74, 6) is -3.33. The lowest BCUT2D eigenvalue weighted by Crippen LogP contribution is -2.61. The fraction of sp³-hybridized carbons (Fsp3) is 0.571. The summed E-state index contributed by atoms with van der Waals surface area (Å²) in [6.07, 6.45) is 0. The van der Waals surface area contributed by atoms with Gasteiger partial charge in [0.15, 0.2) is 11.3 Å². The van der Waals surface area contributed by atoms with Crippen LogP contribution >= 0.6 is 25.3 Å². The van der Waals surface area contributed by atoms with Gasteiger partial charge in [0.05, 0.1) is 11.5 Å². The second-order valence-electron chi connectivity index (χ2n) is 2.68. The van der Waals surface area contributed by atoms with Gasteiger partial charge >= 0.3 is 11.9 Å². The van der Waals surface area contributed by atoms with Crippen molar-refractivity contribution in [3.8, 4) is 0 Å². The van der Waals surface area contributed by atoms with Gasteiger partial charge in [-0.1, -0.05) is 0 Å². The van der Waals surface area contributed by atoms with Crippen molar-refractivity contribution in [2.24, 2.45) is 11.5 Å². The maximum absolute atomic E-state index is 11.3. The molecule has 4 N–H and O–H groups in total. The molecular weight excluding hydrogens is 240 g/mol. The molecule has 0 aromatic heterocycles. The second kappa shape index (κ2) is 6.11. The topological polar surface area (TPSA) is 112 Å². The average molecular weight is 252 g/mol. The van der Waals surface area contributed by atoms with Crippen molar-refractivity contribution in [2.75, 3.05) is 18.1 Å². The maximum Gasteiger partial charge on any atom is 0.342 e. The molecule has 0 aromatic rings. The first-order valence-electron chi connectivity index (χ1n) is 3.91. The first-order chi connectivity index (χ1) is 6.92. The smallest absolute Gasteiger partial charge is 0.342 e. The number of ether oxygens (including phenoxy) is 1. The van der Waals surface area contributed by atoms with Crippen molar-refractivity contribution in [3.05, 3.63) is 0 Å². The van der Waals surface area contributed by atoms with Gasteiger partial charge in [0, 0.05) is 6.54 Å². The predicted molar refractivity (Wildman–Crippen MR) is 59.8 cm³/mol. The van der Waals surface area contributed by atoms with Crippen LogP contribution in [0, 0.1) is 0 Å². The number of Topliss-reactive ketones (excluding diaryl/α,β-unsaturated/α-hetero) is 1. The molecule has 1 unspecified atom stereocenters. The van der Waals surface area contributed by atoms with Crippen molar-refractivity contribution < 1.29 is 19.1 Å². The van der Waals surface area contributed by atoms with Gasteiger partial charge in [-0.2, -0.15) is 25.3 Å². The third-order valence-electron chi connectivity index (χ3n) is 1.66. The largest absolute Gasteiger partial charge is 0.391 e. The Labute approximate surface area is 97.5 Å². The highest BCUT2D eigenvalue weighted by atomic mass is 32.1. The summed E-state index contributed by atoms with van der Waals surface area (Å²) < 4.78 is 4.26. The molecule has 0 aliphatic heterocycles. The zero-order valence-electron chi connectivity index (χ0n) is 7.80. The summed E-state index contributed by atoms with van der Waals surface area (Å²) in [6, 6.07) is 0. The van der Waals surface area contributed by atoms with Gasteiger partial charge in [-0.05, 0) is 0 Å². The molecule has 15 heavy (non-hydrogen) atoms. The minimum absolute atomic E-state index is 0.266. The number of hydrogen-bond donors (Lipinski definition) is 4. The highest BCUT2D eigenvalue weighted by Crippen LogP contribution is 2.06. The number of nitrogens with two attached hydrogens (primary N) is 2. The number of hydrogen-bond acceptors (Lipinski definition) is 8. The average Bonchev–Trinajstić information content (AvgIpc) is 2.26. The Balaban J connectivity index is 4.73. The molecule has 0 radical (unpaired) electrons. The van der Waals surface area contributed by atoms with Crippen LogP contribution in [0.1, 0.15) is 0 Å². The molecule has 86 valence electrons. The number of carbonyl (C=O) groups excluding carboxylic acids is 3. The van der Waals surface area contributed by atoms with Gasteiger partial charge in [-0.15, -0.1) is 0 Å². The maximum atomic E-state index is 11.3. The van der Waals surface area contributed by atoms with Crippen LogP contribution in [0.2, 0.25) is 0 Å². The van der Waals surface area contributed by atoms with Crippen molar-refractivity contribution in [1.29, 1.82) is 0 Å². The van der Waals surface area contributed by atoms with Gasteiger partial charge in [0.1, 0.15) is 0 Å². The molecular formula is C7H12N2O4S2. The van der Waals surface area contributed by atoms with E-state index in [9.17, 15) is 14.4 Å². The monoisotopic (exact) mass is 252 g/mol. The molecule has 0 aromatic carbocycles. The van der Waals surface area contributed by atoms with E-state index in [1.54, 1.807) is 0 Å². The molecule has 0 saturated carbocycles. The molecule has 8 heteroatoms. The molecule has 6 nitrogen and oxygen atoms in total. The minimum Gasteiger partial charge on any atom is -0.391 e. The van der Waals surface area contributed by atoms with Crippen LogP contribution in [0.15, 0.2) is 0 Å². The third-order valence-corrected chi connectivity index (χ3v) is 2.21. The summed E-state index contributed by atoms with van der Waals surface area (Å²) in [7, 11) is 0. The van der Waals surface area contributed by atoms with E-state index in [2.05, 4.69) is 30.0 Å². The molecule has 0 aliphatic rings. The van der Waals surface area contributed by atoms with Crippen LogP contribution in [-0.4, -0.2) is 41.3 Å². The van der Waals surface area contributed by atoms with Crippen LogP contribution in [-0.2, 0) is 19.1 Å². The number of thiol groups is 2. The lowest BCUT2D eigenvalue weighted by molar-refractivity contribution is -0.162. The van der Waals surface area contributed by atoms with Gasteiger partial charge in [-0.25, -0.2) is 4.79 Å². The Morgan fingerprint density at radius 1 is 1.20 bits per heavy atom. The molecule has 0 spiro atoms. The normalized spacial score (nSPS) is 14.1. The quantitative estimate of drug-likeness (QED) is 0.259. The van der Waals surface area contributed by atoms with Crippen molar-refractivity contribution in [3.63, 3.8) is 0 Å². The second-order valence-corrected chi connectivity index (χ2v) is 3.31. The SMILES string of the molecule is NCC(N)(C(=O)CS)C(=O)OC(=O)CS. The van der Waals surface area contributed by atoms with Crippen LogP contribution in [0.4, 0.5) is 0 Å². The van der Waals surface area contributed by atoms with E-state index < -0.39 is 29.8 Å². The molecule has 0 bridgehead atoms. The lowest BCUT2D eigenvalue weighted by Gasteiger charge is -2.22. The number of rotatable bonds is 5. The molecule has 0 aliphatic carbocycles. The Bertz CT molecular complexity index is 284. The highest BCUT2D eigenvalue weighted by molar-refractivity contribution is 7.81. The Hall–Kier alpha value is -0.570. The highest BCUT2D eigenvalue weighted by Gasteiger charge is 2.42. The van der Waals surface area contributed by atoms with Gasteiger partial charge in [0.2, 0.25) is 0 Å². The number of ketones is 1. The standard InChI is InChI=1S/C7H12N2O4S2/c8-3-7(9,4(10)1-14)6(12)13-5(11)2-15/h14-15H,1-3,8-9H2. The molecule has 0 heterocycles. The predicted octanol–water partition coefficient (Wildman–Crippen LogP) is -1.86. The van der Waals surface area contributed by atoms with E-state index in [1.807, 2.05) is 0 Å². The van der Waals surface area contributed by atoms with E-state index in [0.717, 1.165) is 0 Å². The van der Waals surface area contributed by atoms with Crippen molar-refractivity contribution in [2.45, 2.75) is 5.54 Å². The zero-order chi connectivity index (χ0) is 12.1. The lowest BCUT2D eigenvalue weighted by atomic mass is 9.96. The Kier molecular flexibility index (Phi) is 5.88. The van der Waals surface area contributed by atoms with E-state index in [-0.39, 0.29) is 11.5 Å². The van der Waals surface area contributed by atoms with Crippen molar-refractivity contribution in [1.82, 2.24) is 0 Å². The van der Waals surface area contributed by atoms with Gasteiger partial charge in [-0.3, -0.25) is 9.59 Å². The van der Waals surface area contributed by atoms with E-state index in [4.69, 9.17) is 11.5 Å². The summed E-state index contributed by atoms with van der Waals surface area (Å²) >= 11 is 7.27. The summed E-state index contributed by atoms with van der Waals surface area (Å²) in [5.41, 5.74) is 8.60. The number of carbonyl (C=O) groups is 3. The summed E-state index contributed by atoms with van der Waals surface area (Å²) in [6.45, 7) is -0.453. The summed E-state index contributed by atoms with van der Waals surface area (Å²) in [5, 5.41) is 0.